The molecule has 0 amide bonds. The number of fused-ring (bicyclic) bond motifs is 1. The van der Waals surface area contributed by atoms with Gasteiger partial charge in [0.15, 0.2) is 11.5 Å². The molecule has 0 bridgehead atoms. The van der Waals surface area contributed by atoms with Crippen LogP contribution in [0.25, 0.3) is 0 Å². The molecule has 2 N–H and O–H groups in total. The minimum Gasteiger partial charge on any atom is -0.455 e. The Balaban J connectivity index is 2.39. The first-order chi connectivity index (χ1) is 8.74. The lowest BCUT2D eigenvalue weighted by atomic mass is 9.82. The van der Waals surface area contributed by atoms with Gasteiger partial charge in [0.25, 0.3) is 0 Å². The summed E-state index contributed by atoms with van der Waals surface area (Å²) >= 11 is 0. The average Bonchev–Trinajstić information content (AvgIpc) is 2.61. The molecule has 2 unspecified atom stereocenters. The molecule has 4 nitrogen and oxygen atoms in total. The highest BCUT2D eigenvalue weighted by Crippen LogP contribution is 2.41. The number of ketones is 1. The molecule has 0 aromatic carbocycles. The van der Waals surface area contributed by atoms with Gasteiger partial charge in [0.2, 0.25) is 0 Å². The van der Waals surface area contributed by atoms with Gasteiger partial charge in [0.05, 0.1) is 5.60 Å². The molecule has 1 aromatic heterocycles. The molecule has 0 saturated carbocycles. The Morgan fingerprint density at radius 2 is 2.16 bits per heavy atom. The maximum atomic E-state index is 12.1. The topological polar surface area (TPSA) is 70.7 Å². The molecule has 2 rings (SSSR count). The van der Waals surface area contributed by atoms with Crippen molar-refractivity contribution in [1.82, 2.24) is 0 Å². The van der Waals surface area contributed by atoms with Crippen LogP contribution in [0.4, 0.5) is 0 Å². The number of hydrogen-bond donors (Lipinski definition) is 2. The van der Waals surface area contributed by atoms with Crippen LogP contribution in [0.2, 0.25) is 0 Å². The van der Waals surface area contributed by atoms with E-state index in [0.717, 1.165) is 11.1 Å². The maximum Gasteiger partial charge on any atom is 0.198 e. The summed E-state index contributed by atoms with van der Waals surface area (Å²) in [7, 11) is 0. The van der Waals surface area contributed by atoms with Gasteiger partial charge in [-0.1, -0.05) is 13.8 Å². The molecule has 4 heteroatoms. The zero-order valence-electron chi connectivity index (χ0n) is 12.0. The molecule has 1 aliphatic carbocycles. The van der Waals surface area contributed by atoms with Crippen molar-refractivity contribution in [2.24, 2.45) is 5.92 Å². The normalized spacial score (nSPS) is 26.6. The van der Waals surface area contributed by atoms with Gasteiger partial charge in [-0.15, -0.1) is 0 Å². The van der Waals surface area contributed by atoms with Gasteiger partial charge < -0.3 is 14.6 Å². The number of Topliss-reactive ketones (excluding diaryl/α,β-unsaturated/α-hetero) is 1. The van der Waals surface area contributed by atoms with Crippen molar-refractivity contribution >= 4 is 5.78 Å². The fourth-order valence-electron chi connectivity index (χ4n) is 2.63. The molecule has 1 aliphatic rings. The van der Waals surface area contributed by atoms with Crippen LogP contribution in [-0.2, 0) is 6.42 Å². The minimum atomic E-state index is -1.18. The third-order valence-corrected chi connectivity index (χ3v) is 3.87. The van der Waals surface area contributed by atoms with E-state index in [1.807, 2.05) is 20.8 Å². The van der Waals surface area contributed by atoms with Gasteiger partial charge >= 0.3 is 0 Å². The van der Waals surface area contributed by atoms with Crippen LogP contribution >= 0.6 is 0 Å². The Morgan fingerprint density at radius 1 is 1.53 bits per heavy atom. The highest BCUT2D eigenvalue weighted by atomic mass is 16.4. The van der Waals surface area contributed by atoms with Crippen LogP contribution in [0.3, 0.4) is 0 Å². The van der Waals surface area contributed by atoms with Crippen molar-refractivity contribution in [3.05, 3.63) is 22.6 Å². The molecule has 0 aliphatic heterocycles. The zero-order chi connectivity index (χ0) is 14.4. The largest absolute Gasteiger partial charge is 0.455 e. The molecule has 1 heterocycles. The Labute approximate surface area is 113 Å². The number of aliphatic hydroxyl groups excluding tert-OH is 1. The van der Waals surface area contributed by atoms with E-state index in [2.05, 4.69) is 0 Å². The first-order valence-electron chi connectivity index (χ1n) is 6.80. The van der Waals surface area contributed by atoms with Crippen molar-refractivity contribution in [1.29, 1.82) is 0 Å². The number of carbonyl (C=O) groups is 1. The summed E-state index contributed by atoms with van der Waals surface area (Å²) in [6.07, 6.45) is 0.471. The van der Waals surface area contributed by atoms with Crippen LogP contribution in [0, 0.1) is 12.8 Å². The first-order valence-corrected chi connectivity index (χ1v) is 6.80. The Bertz CT molecular complexity index is 496. The molecular formula is C15H22O4. The van der Waals surface area contributed by atoms with Gasteiger partial charge in [-0.25, -0.2) is 0 Å². The van der Waals surface area contributed by atoms with Crippen molar-refractivity contribution in [3.63, 3.8) is 0 Å². The SMILES string of the molecule is Cc1c(C(=O)CC(C)C)oc2c1CCC(C)(O)C2O. The highest BCUT2D eigenvalue weighted by Gasteiger charge is 2.41. The molecule has 0 fully saturated rings. The summed E-state index contributed by atoms with van der Waals surface area (Å²) < 4.78 is 5.59. The highest BCUT2D eigenvalue weighted by molar-refractivity contribution is 5.95. The van der Waals surface area contributed by atoms with Gasteiger partial charge in [-0.05, 0) is 32.6 Å². The fraction of sp³-hybridized carbons (Fsp3) is 0.667. The van der Waals surface area contributed by atoms with Gasteiger partial charge in [0.1, 0.15) is 11.9 Å². The Kier molecular flexibility index (Phi) is 3.58. The number of furan rings is 1. The molecule has 0 radical (unpaired) electrons. The van der Waals surface area contributed by atoms with E-state index in [1.165, 1.54) is 0 Å². The quantitative estimate of drug-likeness (QED) is 0.825. The molecule has 1 aromatic rings. The number of carbonyl (C=O) groups excluding carboxylic acids is 1. The van der Waals surface area contributed by atoms with Crippen LogP contribution in [0.1, 0.15) is 67.2 Å². The molecule has 0 saturated heterocycles. The van der Waals surface area contributed by atoms with Crippen LogP contribution in [0.5, 0.6) is 0 Å². The third-order valence-electron chi connectivity index (χ3n) is 3.87. The Morgan fingerprint density at radius 3 is 2.74 bits per heavy atom. The van der Waals surface area contributed by atoms with E-state index in [4.69, 9.17) is 4.42 Å². The van der Waals surface area contributed by atoms with E-state index in [0.29, 0.717) is 30.8 Å². The van der Waals surface area contributed by atoms with Crippen LogP contribution < -0.4 is 0 Å². The summed E-state index contributed by atoms with van der Waals surface area (Å²) in [6.45, 7) is 7.40. The zero-order valence-corrected chi connectivity index (χ0v) is 12.0. The van der Waals surface area contributed by atoms with Crippen LogP contribution in [-0.4, -0.2) is 21.6 Å². The smallest absolute Gasteiger partial charge is 0.198 e. The number of aliphatic hydroxyl groups is 2. The standard InChI is InChI=1S/C15H22O4/c1-8(2)7-11(16)12-9(3)10-5-6-15(4,18)14(17)13(10)19-12/h8,14,17-18H,5-7H2,1-4H3. The first kappa shape index (κ1) is 14.3. The van der Waals surface area contributed by atoms with Crippen molar-refractivity contribution in [2.45, 2.75) is 58.7 Å². The summed E-state index contributed by atoms with van der Waals surface area (Å²) in [5.41, 5.74) is 0.511. The number of hydrogen-bond acceptors (Lipinski definition) is 4. The lowest BCUT2D eigenvalue weighted by Crippen LogP contribution is -2.36. The minimum absolute atomic E-state index is 0.0336. The predicted octanol–water partition coefficient (Wildman–Crippen LogP) is 2.55. The fourth-order valence-corrected chi connectivity index (χ4v) is 2.63. The van der Waals surface area contributed by atoms with E-state index < -0.39 is 11.7 Å². The average molecular weight is 266 g/mol. The van der Waals surface area contributed by atoms with E-state index in [1.54, 1.807) is 6.92 Å². The van der Waals surface area contributed by atoms with E-state index >= 15 is 0 Å². The lowest BCUT2D eigenvalue weighted by molar-refractivity contribution is -0.0848. The second-order valence-corrected chi connectivity index (χ2v) is 6.18. The van der Waals surface area contributed by atoms with Crippen LogP contribution in [0.15, 0.2) is 4.42 Å². The second kappa shape index (κ2) is 4.76. The predicted molar refractivity (Wildman–Crippen MR) is 71.1 cm³/mol. The number of rotatable bonds is 3. The summed E-state index contributed by atoms with van der Waals surface area (Å²) in [4.78, 5) is 12.1. The summed E-state index contributed by atoms with van der Waals surface area (Å²) in [5, 5.41) is 20.2. The molecule has 19 heavy (non-hydrogen) atoms. The van der Waals surface area contributed by atoms with Crippen molar-refractivity contribution in [2.75, 3.05) is 0 Å². The molecule has 2 atom stereocenters. The van der Waals surface area contributed by atoms with Gasteiger partial charge in [0, 0.05) is 17.5 Å². The van der Waals surface area contributed by atoms with Crippen molar-refractivity contribution in [3.8, 4) is 0 Å². The van der Waals surface area contributed by atoms with E-state index in [-0.39, 0.29) is 11.7 Å². The third kappa shape index (κ3) is 2.47. The monoisotopic (exact) mass is 266 g/mol. The molecule has 0 spiro atoms. The Hall–Kier alpha value is -1.13. The van der Waals surface area contributed by atoms with Gasteiger partial charge in [-0.3, -0.25) is 4.79 Å². The summed E-state index contributed by atoms with van der Waals surface area (Å²) in [5.74, 6) is 0.937. The molecular weight excluding hydrogens is 244 g/mol. The molecule has 106 valence electrons. The summed E-state index contributed by atoms with van der Waals surface area (Å²) in [6, 6.07) is 0. The second-order valence-electron chi connectivity index (χ2n) is 6.18. The van der Waals surface area contributed by atoms with E-state index in [9.17, 15) is 15.0 Å². The lowest BCUT2D eigenvalue weighted by Gasteiger charge is -2.32. The van der Waals surface area contributed by atoms with Gasteiger partial charge in [-0.2, -0.15) is 0 Å². The van der Waals surface area contributed by atoms with Crippen molar-refractivity contribution < 1.29 is 19.4 Å². The maximum absolute atomic E-state index is 12.1.